The smallest absolute Gasteiger partial charge is 0.254 e. The van der Waals surface area contributed by atoms with E-state index in [9.17, 15) is 14.4 Å². The molecule has 2 heterocycles. The summed E-state index contributed by atoms with van der Waals surface area (Å²) in [5.41, 5.74) is 5.79. The molecule has 0 spiro atoms. The minimum Gasteiger partial charge on any atom is -0.345 e. The Hall–Kier alpha value is -4.46. The number of nitrogens with zero attached hydrogens (tertiary/aromatic N) is 4. The summed E-state index contributed by atoms with van der Waals surface area (Å²) in [5.74, 6) is -0.351. The van der Waals surface area contributed by atoms with Crippen LogP contribution in [0, 0.1) is 0 Å². The number of carbonyl (C=O) groups excluding carboxylic acids is 3. The lowest BCUT2D eigenvalue weighted by Gasteiger charge is -2.29. The van der Waals surface area contributed by atoms with Crippen molar-refractivity contribution in [2.75, 3.05) is 26.0 Å². The molecule has 0 atom stereocenters. The van der Waals surface area contributed by atoms with Gasteiger partial charge in [-0.3, -0.25) is 19.1 Å². The van der Waals surface area contributed by atoms with Crippen molar-refractivity contribution in [1.29, 1.82) is 0 Å². The van der Waals surface area contributed by atoms with Gasteiger partial charge in [-0.2, -0.15) is 5.10 Å². The van der Waals surface area contributed by atoms with Gasteiger partial charge in [-0.15, -0.1) is 0 Å². The molecule has 3 aromatic carbocycles. The maximum atomic E-state index is 13.3. The molecule has 0 bridgehead atoms. The highest BCUT2D eigenvalue weighted by Crippen LogP contribution is 2.25. The first kappa shape index (κ1) is 24.2. The Labute approximate surface area is 215 Å². The number of rotatable bonds is 5. The Balaban J connectivity index is 1.29. The number of hydrogen-bond donors (Lipinski definition) is 1. The minimum absolute atomic E-state index is 0.105. The predicted molar refractivity (Wildman–Crippen MR) is 142 cm³/mol. The molecular formula is C29H29N5O3. The molecule has 37 heavy (non-hydrogen) atoms. The number of anilines is 1. The second kappa shape index (κ2) is 9.89. The first-order valence-electron chi connectivity index (χ1n) is 12.2. The number of fused-ring (bicyclic) bond motifs is 2. The van der Waals surface area contributed by atoms with Crippen molar-refractivity contribution in [3.8, 4) is 0 Å². The molecule has 1 aliphatic heterocycles. The molecule has 1 aliphatic rings. The number of carbonyl (C=O) groups is 3. The fourth-order valence-electron chi connectivity index (χ4n) is 4.79. The molecule has 5 rings (SSSR count). The standard InChI is InChI=1S/C29H29N5O3/c1-32(2)28(36)21-6-4-7-22(16-21)29(37)34-13-12-20-11-10-19(14-23(20)18-34)15-27(35)31-25-8-5-9-26-24(25)17-30-33(26)3/h4-11,14,16-17H,12-13,15,18H2,1-3H3,(H,31,35). The second-order valence-electron chi connectivity index (χ2n) is 9.59. The first-order chi connectivity index (χ1) is 17.8. The van der Waals surface area contributed by atoms with Gasteiger partial charge in [0, 0.05) is 50.7 Å². The third-order valence-corrected chi connectivity index (χ3v) is 6.76. The van der Waals surface area contributed by atoms with Crippen molar-refractivity contribution in [2.45, 2.75) is 19.4 Å². The Kier molecular flexibility index (Phi) is 6.48. The van der Waals surface area contributed by atoms with Gasteiger partial charge in [-0.1, -0.05) is 30.3 Å². The van der Waals surface area contributed by atoms with Crippen molar-refractivity contribution in [3.63, 3.8) is 0 Å². The number of benzene rings is 3. The fraction of sp³-hybridized carbons (Fsp3) is 0.241. The van der Waals surface area contributed by atoms with E-state index in [0.29, 0.717) is 24.2 Å². The minimum atomic E-state index is -0.138. The summed E-state index contributed by atoms with van der Waals surface area (Å²) >= 11 is 0. The molecule has 1 aromatic heterocycles. The zero-order valence-electron chi connectivity index (χ0n) is 21.2. The van der Waals surface area contributed by atoms with Crippen molar-refractivity contribution in [2.24, 2.45) is 7.05 Å². The highest BCUT2D eigenvalue weighted by atomic mass is 16.2. The number of aryl methyl sites for hydroxylation is 1. The highest BCUT2D eigenvalue weighted by molar-refractivity contribution is 6.02. The third-order valence-electron chi connectivity index (χ3n) is 6.76. The molecule has 1 N–H and O–H groups in total. The maximum absolute atomic E-state index is 13.3. The van der Waals surface area contributed by atoms with Crippen molar-refractivity contribution in [3.05, 3.63) is 94.7 Å². The van der Waals surface area contributed by atoms with Gasteiger partial charge in [0.2, 0.25) is 5.91 Å². The predicted octanol–water partition coefficient (Wildman–Crippen LogP) is 3.65. The molecule has 0 aliphatic carbocycles. The number of nitrogens with one attached hydrogen (secondary N) is 1. The van der Waals surface area contributed by atoms with Crippen LogP contribution in [0.2, 0.25) is 0 Å². The van der Waals surface area contributed by atoms with E-state index in [4.69, 9.17) is 0 Å². The van der Waals surface area contributed by atoms with Crippen LogP contribution in [0.25, 0.3) is 10.9 Å². The molecule has 0 radical (unpaired) electrons. The normalized spacial score (nSPS) is 12.8. The van der Waals surface area contributed by atoms with E-state index < -0.39 is 0 Å². The average molecular weight is 496 g/mol. The molecule has 8 nitrogen and oxygen atoms in total. The van der Waals surface area contributed by atoms with Crippen LogP contribution in [0.1, 0.15) is 37.4 Å². The zero-order chi connectivity index (χ0) is 26.1. The summed E-state index contributed by atoms with van der Waals surface area (Å²) in [7, 11) is 5.25. The largest absolute Gasteiger partial charge is 0.345 e. The first-order valence-corrected chi connectivity index (χ1v) is 12.2. The number of hydrogen-bond acceptors (Lipinski definition) is 4. The Morgan fingerprint density at radius 3 is 2.57 bits per heavy atom. The van der Waals surface area contributed by atoms with Gasteiger partial charge in [-0.25, -0.2) is 0 Å². The summed E-state index contributed by atoms with van der Waals surface area (Å²) in [6.07, 6.45) is 2.72. The molecular weight excluding hydrogens is 466 g/mol. The van der Waals surface area contributed by atoms with E-state index in [1.807, 2.05) is 37.4 Å². The molecule has 0 fully saturated rings. The lowest BCUT2D eigenvalue weighted by atomic mass is 9.95. The third kappa shape index (κ3) is 4.95. The number of aromatic nitrogens is 2. The molecule has 0 saturated carbocycles. The zero-order valence-corrected chi connectivity index (χ0v) is 21.2. The summed E-state index contributed by atoms with van der Waals surface area (Å²) in [5, 5.41) is 8.18. The van der Waals surface area contributed by atoms with Crippen LogP contribution < -0.4 is 5.32 Å². The lowest BCUT2D eigenvalue weighted by molar-refractivity contribution is -0.115. The summed E-state index contributed by atoms with van der Waals surface area (Å²) in [6.45, 7) is 1.07. The van der Waals surface area contributed by atoms with Crippen LogP contribution in [0.15, 0.2) is 66.9 Å². The van der Waals surface area contributed by atoms with E-state index in [1.54, 1.807) is 54.1 Å². The van der Waals surface area contributed by atoms with E-state index in [2.05, 4.69) is 16.5 Å². The van der Waals surface area contributed by atoms with Crippen molar-refractivity contribution in [1.82, 2.24) is 19.6 Å². The highest BCUT2D eigenvalue weighted by Gasteiger charge is 2.23. The van der Waals surface area contributed by atoms with Gasteiger partial charge >= 0.3 is 0 Å². The van der Waals surface area contributed by atoms with Gasteiger partial charge in [0.15, 0.2) is 0 Å². The maximum Gasteiger partial charge on any atom is 0.254 e. The average Bonchev–Trinajstić information content (AvgIpc) is 3.29. The van der Waals surface area contributed by atoms with Gasteiger partial charge in [0.1, 0.15) is 0 Å². The molecule has 8 heteroatoms. The van der Waals surface area contributed by atoms with Gasteiger partial charge < -0.3 is 15.1 Å². The SMILES string of the molecule is CN(C)C(=O)c1cccc(C(=O)N2CCc3ccc(CC(=O)Nc4cccc5c4cnn5C)cc3C2)c1. The Morgan fingerprint density at radius 2 is 1.76 bits per heavy atom. The molecule has 4 aromatic rings. The van der Waals surface area contributed by atoms with Gasteiger partial charge in [0.05, 0.1) is 23.8 Å². The second-order valence-corrected chi connectivity index (χ2v) is 9.59. The molecule has 188 valence electrons. The fourth-order valence-corrected chi connectivity index (χ4v) is 4.79. The van der Waals surface area contributed by atoms with E-state index in [-0.39, 0.29) is 24.1 Å². The summed E-state index contributed by atoms with van der Waals surface area (Å²) in [6, 6.07) is 18.7. The van der Waals surface area contributed by atoms with E-state index in [0.717, 1.165) is 34.1 Å². The van der Waals surface area contributed by atoms with Crippen molar-refractivity contribution >= 4 is 34.3 Å². The lowest BCUT2D eigenvalue weighted by Crippen LogP contribution is -2.36. The van der Waals surface area contributed by atoms with Crippen LogP contribution in [0.4, 0.5) is 5.69 Å². The van der Waals surface area contributed by atoms with Gasteiger partial charge in [-0.05, 0) is 53.4 Å². The topological polar surface area (TPSA) is 87.5 Å². The van der Waals surface area contributed by atoms with Crippen LogP contribution in [0.3, 0.4) is 0 Å². The molecule has 0 unspecified atom stereocenters. The number of amides is 3. The Morgan fingerprint density at radius 1 is 0.973 bits per heavy atom. The summed E-state index contributed by atoms with van der Waals surface area (Å²) < 4.78 is 1.78. The van der Waals surface area contributed by atoms with Crippen LogP contribution in [0.5, 0.6) is 0 Å². The van der Waals surface area contributed by atoms with Crippen LogP contribution >= 0.6 is 0 Å². The monoisotopic (exact) mass is 495 g/mol. The van der Waals surface area contributed by atoms with Crippen molar-refractivity contribution < 1.29 is 14.4 Å². The molecule has 0 saturated heterocycles. The van der Waals surface area contributed by atoms with Crippen LogP contribution in [-0.2, 0) is 31.2 Å². The van der Waals surface area contributed by atoms with E-state index >= 15 is 0 Å². The Bertz CT molecular complexity index is 1520. The quantitative estimate of drug-likeness (QED) is 0.458. The summed E-state index contributed by atoms with van der Waals surface area (Å²) in [4.78, 5) is 41.7. The van der Waals surface area contributed by atoms with Gasteiger partial charge in [0.25, 0.3) is 11.8 Å². The van der Waals surface area contributed by atoms with Crippen LogP contribution in [-0.4, -0.2) is 57.9 Å². The van der Waals surface area contributed by atoms with E-state index in [1.165, 1.54) is 10.5 Å². The molecule has 3 amide bonds.